The molecule has 0 unspecified atom stereocenters. The van der Waals surface area contributed by atoms with E-state index >= 15 is 0 Å². The SMILES string of the molecule is CCN(CC)c1nc(-c2cccc(C(C)C)c2)nc(N2CCN(c3ccccc3F)CC2)n1. The lowest BCUT2D eigenvalue weighted by Gasteiger charge is -2.36. The van der Waals surface area contributed by atoms with Crippen LogP contribution in [0.4, 0.5) is 22.0 Å². The van der Waals surface area contributed by atoms with Crippen molar-refractivity contribution in [3.05, 3.63) is 59.9 Å². The van der Waals surface area contributed by atoms with Gasteiger partial charge in [-0.1, -0.05) is 44.2 Å². The van der Waals surface area contributed by atoms with Crippen LogP contribution in [0.2, 0.25) is 0 Å². The fourth-order valence-corrected chi connectivity index (χ4v) is 4.16. The number of rotatable bonds is 7. The maximum atomic E-state index is 14.3. The van der Waals surface area contributed by atoms with Gasteiger partial charge in [-0.25, -0.2) is 4.39 Å². The standard InChI is InChI=1S/C26H33FN6/c1-5-31(6-2)25-28-24(21-11-9-10-20(18-21)19(3)4)29-26(30-25)33-16-14-32(15-17-33)23-13-8-7-12-22(23)27/h7-13,18-19H,5-6,14-17H2,1-4H3. The summed E-state index contributed by atoms with van der Waals surface area (Å²) in [5, 5.41) is 0. The van der Waals surface area contributed by atoms with Gasteiger partial charge in [-0.05, 0) is 43.5 Å². The third-order valence-corrected chi connectivity index (χ3v) is 6.23. The van der Waals surface area contributed by atoms with Gasteiger partial charge < -0.3 is 14.7 Å². The maximum Gasteiger partial charge on any atom is 0.230 e. The van der Waals surface area contributed by atoms with Crippen LogP contribution < -0.4 is 14.7 Å². The van der Waals surface area contributed by atoms with Crippen molar-refractivity contribution in [3.63, 3.8) is 0 Å². The van der Waals surface area contributed by atoms with Gasteiger partial charge in [0.15, 0.2) is 5.82 Å². The van der Waals surface area contributed by atoms with Crippen molar-refractivity contribution in [2.24, 2.45) is 0 Å². The molecule has 0 N–H and O–H groups in total. The summed E-state index contributed by atoms with van der Waals surface area (Å²) < 4.78 is 14.3. The molecule has 1 saturated heterocycles. The first-order valence-corrected chi connectivity index (χ1v) is 11.9. The largest absolute Gasteiger partial charge is 0.366 e. The number of benzene rings is 2. The summed E-state index contributed by atoms with van der Waals surface area (Å²) in [5.41, 5.74) is 2.92. The summed E-state index contributed by atoms with van der Waals surface area (Å²) in [6.45, 7) is 13.1. The molecule has 7 heteroatoms. The Balaban J connectivity index is 1.64. The molecule has 1 aliphatic rings. The summed E-state index contributed by atoms with van der Waals surface area (Å²) in [4.78, 5) is 21.0. The van der Waals surface area contributed by atoms with Crippen molar-refractivity contribution in [1.82, 2.24) is 15.0 Å². The fraction of sp³-hybridized carbons (Fsp3) is 0.423. The van der Waals surface area contributed by atoms with Gasteiger partial charge in [-0.3, -0.25) is 0 Å². The van der Waals surface area contributed by atoms with Crippen LogP contribution in [0.15, 0.2) is 48.5 Å². The van der Waals surface area contributed by atoms with Crippen LogP contribution in [0, 0.1) is 5.82 Å². The number of anilines is 3. The lowest BCUT2D eigenvalue weighted by molar-refractivity contribution is 0.593. The molecule has 1 aromatic heterocycles. The van der Waals surface area contributed by atoms with Crippen LogP contribution in [-0.2, 0) is 0 Å². The first kappa shape index (κ1) is 23.0. The molecule has 0 bridgehead atoms. The molecule has 0 spiro atoms. The molecule has 1 fully saturated rings. The molecule has 6 nitrogen and oxygen atoms in total. The Morgan fingerprint density at radius 1 is 0.879 bits per heavy atom. The second-order valence-electron chi connectivity index (χ2n) is 8.64. The number of hydrogen-bond donors (Lipinski definition) is 0. The quantitative estimate of drug-likeness (QED) is 0.508. The third-order valence-electron chi connectivity index (χ3n) is 6.23. The van der Waals surface area contributed by atoms with E-state index in [1.54, 1.807) is 6.07 Å². The zero-order valence-electron chi connectivity index (χ0n) is 20.0. The fourth-order valence-electron chi connectivity index (χ4n) is 4.16. The number of halogens is 1. The number of hydrogen-bond acceptors (Lipinski definition) is 6. The van der Waals surface area contributed by atoms with Crippen molar-refractivity contribution in [2.75, 3.05) is 54.0 Å². The summed E-state index contributed by atoms with van der Waals surface area (Å²) in [6.07, 6.45) is 0. The molecule has 1 aliphatic heterocycles. The molecule has 0 saturated carbocycles. The molecule has 174 valence electrons. The molecule has 0 radical (unpaired) electrons. The predicted octanol–water partition coefficient (Wildman–Crippen LogP) is 4.97. The number of aromatic nitrogens is 3. The van der Waals surface area contributed by atoms with Crippen LogP contribution in [0.5, 0.6) is 0 Å². The van der Waals surface area contributed by atoms with E-state index in [2.05, 4.69) is 66.7 Å². The van der Waals surface area contributed by atoms with Gasteiger partial charge in [0.2, 0.25) is 11.9 Å². The van der Waals surface area contributed by atoms with E-state index in [-0.39, 0.29) is 5.82 Å². The highest BCUT2D eigenvalue weighted by atomic mass is 19.1. The molecule has 0 aliphatic carbocycles. The highest BCUT2D eigenvalue weighted by Crippen LogP contribution is 2.26. The minimum absolute atomic E-state index is 0.178. The summed E-state index contributed by atoms with van der Waals surface area (Å²) in [5.74, 6) is 2.33. The predicted molar refractivity (Wildman–Crippen MR) is 134 cm³/mol. The monoisotopic (exact) mass is 448 g/mol. The average molecular weight is 449 g/mol. The zero-order valence-corrected chi connectivity index (χ0v) is 20.0. The Kier molecular flexibility index (Phi) is 7.06. The van der Waals surface area contributed by atoms with E-state index in [4.69, 9.17) is 15.0 Å². The van der Waals surface area contributed by atoms with Gasteiger partial charge in [-0.15, -0.1) is 0 Å². The minimum atomic E-state index is -0.178. The van der Waals surface area contributed by atoms with Crippen molar-refractivity contribution in [2.45, 2.75) is 33.6 Å². The van der Waals surface area contributed by atoms with Gasteiger partial charge in [0.1, 0.15) is 5.82 Å². The summed E-state index contributed by atoms with van der Waals surface area (Å²) >= 11 is 0. The zero-order chi connectivity index (χ0) is 23.4. The molecule has 3 aromatic rings. The van der Waals surface area contributed by atoms with Gasteiger partial charge in [0, 0.05) is 44.8 Å². The first-order valence-electron chi connectivity index (χ1n) is 11.9. The second kappa shape index (κ2) is 10.1. The smallest absolute Gasteiger partial charge is 0.230 e. The number of piperazine rings is 1. The molecular weight excluding hydrogens is 415 g/mol. The van der Waals surface area contributed by atoms with Crippen LogP contribution >= 0.6 is 0 Å². The van der Waals surface area contributed by atoms with Crippen LogP contribution in [0.25, 0.3) is 11.4 Å². The maximum absolute atomic E-state index is 14.3. The van der Waals surface area contributed by atoms with Crippen molar-refractivity contribution < 1.29 is 4.39 Å². The molecule has 4 rings (SSSR count). The Hall–Kier alpha value is -3.22. The highest BCUT2D eigenvalue weighted by Gasteiger charge is 2.23. The van der Waals surface area contributed by atoms with Crippen LogP contribution in [0.3, 0.4) is 0 Å². The van der Waals surface area contributed by atoms with E-state index in [0.717, 1.165) is 31.7 Å². The van der Waals surface area contributed by atoms with Gasteiger partial charge >= 0.3 is 0 Å². The number of nitrogens with zero attached hydrogens (tertiary/aromatic N) is 6. The Morgan fingerprint density at radius 3 is 2.24 bits per heavy atom. The van der Waals surface area contributed by atoms with Crippen LogP contribution in [0.1, 0.15) is 39.2 Å². The van der Waals surface area contributed by atoms with E-state index < -0.39 is 0 Å². The van der Waals surface area contributed by atoms with E-state index in [0.29, 0.717) is 42.4 Å². The summed E-state index contributed by atoms with van der Waals surface area (Å²) in [7, 11) is 0. The van der Waals surface area contributed by atoms with Gasteiger partial charge in [-0.2, -0.15) is 15.0 Å². The molecule has 2 aromatic carbocycles. The van der Waals surface area contributed by atoms with Crippen LogP contribution in [-0.4, -0.2) is 54.2 Å². The van der Waals surface area contributed by atoms with Gasteiger partial charge in [0.05, 0.1) is 5.69 Å². The lowest BCUT2D eigenvalue weighted by atomic mass is 10.0. The highest BCUT2D eigenvalue weighted by molar-refractivity contribution is 5.60. The molecular formula is C26H33FN6. The molecule has 33 heavy (non-hydrogen) atoms. The molecule has 0 atom stereocenters. The summed E-state index contributed by atoms with van der Waals surface area (Å²) in [6, 6.07) is 15.4. The first-order chi connectivity index (χ1) is 16.0. The van der Waals surface area contributed by atoms with E-state index in [1.165, 1.54) is 11.6 Å². The Morgan fingerprint density at radius 2 is 1.58 bits per heavy atom. The molecule has 2 heterocycles. The lowest BCUT2D eigenvalue weighted by Crippen LogP contribution is -2.47. The minimum Gasteiger partial charge on any atom is -0.366 e. The average Bonchev–Trinajstić information content (AvgIpc) is 2.85. The second-order valence-corrected chi connectivity index (χ2v) is 8.64. The van der Waals surface area contributed by atoms with Crippen molar-refractivity contribution in [1.29, 1.82) is 0 Å². The van der Waals surface area contributed by atoms with E-state index in [1.807, 2.05) is 12.1 Å². The Labute approximate surface area is 196 Å². The van der Waals surface area contributed by atoms with E-state index in [9.17, 15) is 4.39 Å². The Bertz CT molecular complexity index is 1070. The normalized spacial score (nSPS) is 14.1. The molecule has 0 amide bonds. The topological polar surface area (TPSA) is 48.4 Å². The van der Waals surface area contributed by atoms with Crippen molar-refractivity contribution in [3.8, 4) is 11.4 Å². The number of para-hydroxylation sites is 1. The van der Waals surface area contributed by atoms with Crippen molar-refractivity contribution >= 4 is 17.6 Å². The van der Waals surface area contributed by atoms with Gasteiger partial charge in [0.25, 0.3) is 0 Å². The third kappa shape index (κ3) is 5.07.